The van der Waals surface area contributed by atoms with Crippen LogP contribution in [-0.2, 0) is 4.74 Å². The summed E-state index contributed by atoms with van der Waals surface area (Å²) in [7, 11) is 0. The largest absolute Gasteiger partial charge is 0.378 e. The lowest BCUT2D eigenvalue weighted by Gasteiger charge is -2.50. The summed E-state index contributed by atoms with van der Waals surface area (Å²) in [5.41, 5.74) is 0. The van der Waals surface area contributed by atoms with Gasteiger partial charge in [-0.15, -0.1) is 0 Å². The molecule has 3 rings (SSSR count). The molecule has 152 valence electrons. The third-order valence-corrected chi connectivity index (χ3v) is 8.17. The molecule has 26 heavy (non-hydrogen) atoms. The smallest absolute Gasteiger partial charge is 0.0578 e. The molecule has 0 N–H and O–H groups in total. The van der Waals surface area contributed by atoms with Crippen molar-refractivity contribution in [3.8, 4) is 0 Å². The second-order valence-corrected chi connectivity index (χ2v) is 9.97. The van der Waals surface area contributed by atoms with Gasteiger partial charge in [0.15, 0.2) is 0 Å². The first-order valence-corrected chi connectivity index (χ1v) is 12.4. The lowest BCUT2D eigenvalue weighted by atomic mass is 9.56. The molecule has 6 atom stereocenters. The van der Waals surface area contributed by atoms with Crippen LogP contribution in [0.25, 0.3) is 0 Å². The van der Waals surface area contributed by atoms with Crippen molar-refractivity contribution in [3.05, 3.63) is 0 Å². The molecule has 0 aromatic heterocycles. The zero-order valence-corrected chi connectivity index (χ0v) is 17.9. The average Bonchev–Trinajstić information content (AvgIpc) is 2.68. The normalized spacial score (nSPS) is 37.2. The van der Waals surface area contributed by atoms with Gasteiger partial charge in [0, 0.05) is 6.61 Å². The molecule has 3 saturated carbocycles. The third kappa shape index (κ3) is 5.73. The Morgan fingerprint density at radius 3 is 2.12 bits per heavy atom. The van der Waals surface area contributed by atoms with E-state index in [4.69, 9.17) is 4.74 Å². The zero-order chi connectivity index (χ0) is 18.2. The summed E-state index contributed by atoms with van der Waals surface area (Å²) >= 11 is 0. The van der Waals surface area contributed by atoms with Gasteiger partial charge in [0.05, 0.1) is 6.10 Å². The van der Waals surface area contributed by atoms with E-state index in [-0.39, 0.29) is 0 Å². The van der Waals surface area contributed by atoms with Crippen LogP contribution in [0.5, 0.6) is 0 Å². The van der Waals surface area contributed by atoms with Crippen LogP contribution in [0.3, 0.4) is 0 Å². The van der Waals surface area contributed by atoms with Crippen LogP contribution < -0.4 is 0 Å². The highest BCUT2D eigenvalue weighted by molar-refractivity contribution is 4.94. The molecule has 0 aromatic rings. The summed E-state index contributed by atoms with van der Waals surface area (Å²) in [6, 6.07) is 0. The van der Waals surface area contributed by atoms with Crippen LogP contribution in [0, 0.1) is 29.6 Å². The number of hydrogen-bond acceptors (Lipinski definition) is 1. The lowest BCUT2D eigenvalue weighted by molar-refractivity contribution is -0.0539. The lowest BCUT2D eigenvalue weighted by Crippen LogP contribution is -2.42. The maximum absolute atomic E-state index is 6.25. The molecule has 3 fully saturated rings. The van der Waals surface area contributed by atoms with Gasteiger partial charge in [0.2, 0.25) is 0 Å². The van der Waals surface area contributed by atoms with Gasteiger partial charge in [-0.2, -0.15) is 0 Å². The van der Waals surface area contributed by atoms with Crippen LogP contribution in [0.4, 0.5) is 0 Å². The Balaban J connectivity index is 1.39. The van der Waals surface area contributed by atoms with Crippen molar-refractivity contribution in [1.29, 1.82) is 0 Å². The fraction of sp³-hybridized carbons (Fsp3) is 1.00. The van der Waals surface area contributed by atoms with Gasteiger partial charge in [0.25, 0.3) is 0 Å². The Morgan fingerprint density at radius 1 is 0.654 bits per heavy atom. The fourth-order valence-corrected chi connectivity index (χ4v) is 6.72. The predicted molar refractivity (Wildman–Crippen MR) is 112 cm³/mol. The first-order valence-electron chi connectivity index (χ1n) is 12.4. The average molecular weight is 363 g/mol. The second kappa shape index (κ2) is 11.1. The Hall–Kier alpha value is -0.0400. The van der Waals surface area contributed by atoms with E-state index in [1.807, 2.05) is 0 Å². The summed E-state index contributed by atoms with van der Waals surface area (Å²) in [4.78, 5) is 0. The maximum Gasteiger partial charge on any atom is 0.0578 e. The molecule has 3 aliphatic carbocycles. The molecule has 1 heteroatoms. The Morgan fingerprint density at radius 2 is 1.35 bits per heavy atom. The number of rotatable bonds is 10. The van der Waals surface area contributed by atoms with E-state index < -0.39 is 0 Å². The van der Waals surface area contributed by atoms with Gasteiger partial charge in [-0.25, -0.2) is 0 Å². The summed E-state index contributed by atoms with van der Waals surface area (Å²) < 4.78 is 6.25. The van der Waals surface area contributed by atoms with Crippen molar-refractivity contribution in [3.63, 3.8) is 0 Å². The van der Waals surface area contributed by atoms with Crippen LogP contribution >= 0.6 is 0 Å². The van der Waals surface area contributed by atoms with Crippen molar-refractivity contribution in [2.75, 3.05) is 6.61 Å². The molecule has 0 radical (unpaired) electrons. The SMILES string of the molecule is CCCCCC[C@H]1CCC2C(CCC3C[C@@H](OCCCCC)CCC32)C1. The molecular formula is C25H46O. The van der Waals surface area contributed by atoms with Gasteiger partial charge in [0.1, 0.15) is 0 Å². The highest BCUT2D eigenvalue weighted by atomic mass is 16.5. The van der Waals surface area contributed by atoms with E-state index in [0.29, 0.717) is 6.10 Å². The first-order chi connectivity index (χ1) is 12.8. The summed E-state index contributed by atoms with van der Waals surface area (Å²) in [5, 5.41) is 0. The van der Waals surface area contributed by atoms with Crippen molar-refractivity contribution < 1.29 is 4.74 Å². The quantitative estimate of drug-likeness (QED) is 0.360. The molecule has 0 aliphatic heterocycles. The maximum atomic E-state index is 6.25. The third-order valence-electron chi connectivity index (χ3n) is 8.17. The minimum atomic E-state index is 0.597. The number of fused-ring (bicyclic) bond motifs is 3. The summed E-state index contributed by atoms with van der Waals surface area (Å²) in [6.45, 7) is 5.62. The van der Waals surface area contributed by atoms with Crippen LogP contribution in [0.15, 0.2) is 0 Å². The van der Waals surface area contributed by atoms with Gasteiger partial charge in [-0.05, 0) is 81.0 Å². The van der Waals surface area contributed by atoms with Crippen LogP contribution in [-0.4, -0.2) is 12.7 Å². The van der Waals surface area contributed by atoms with Gasteiger partial charge in [-0.1, -0.05) is 65.2 Å². The number of hydrogen-bond donors (Lipinski definition) is 0. The van der Waals surface area contributed by atoms with Gasteiger partial charge < -0.3 is 4.74 Å². The number of unbranched alkanes of at least 4 members (excludes halogenated alkanes) is 5. The fourth-order valence-electron chi connectivity index (χ4n) is 6.72. The van der Waals surface area contributed by atoms with E-state index >= 15 is 0 Å². The van der Waals surface area contributed by atoms with Gasteiger partial charge >= 0.3 is 0 Å². The predicted octanol–water partition coefficient (Wildman–Crippen LogP) is 7.77. The molecule has 0 aromatic carbocycles. The molecule has 4 unspecified atom stereocenters. The molecule has 1 nitrogen and oxygen atoms in total. The Labute approximate surface area is 164 Å². The topological polar surface area (TPSA) is 9.23 Å². The molecule has 0 spiro atoms. The van der Waals surface area contributed by atoms with E-state index in [0.717, 1.165) is 36.2 Å². The number of ether oxygens (including phenoxy) is 1. The van der Waals surface area contributed by atoms with E-state index in [2.05, 4.69) is 13.8 Å². The van der Waals surface area contributed by atoms with Crippen molar-refractivity contribution in [2.45, 2.75) is 123 Å². The van der Waals surface area contributed by atoms with Gasteiger partial charge in [-0.3, -0.25) is 0 Å². The highest BCUT2D eigenvalue weighted by Gasteiger charge is 2.44. The summed E-state index contributed by atoms with van der Waals surface area (Å²) in [5.74, 6) is 5.31. The Kier molecular flexibility index (Phi) is 8.82. The highest BCUT2D eigenvalue weighted by Crippen LogP contribution is 2.53. The standard InChI is InChI=1S/C25H46O/c1-3-5-7-8-10-20-11-15-24-21(18-20)12-13-22-19-23(14-16-25(22)24)26-17-9-6-4-2/h20-25H,3-19H2,1-2H3/t20-,21?,22?,23-,24?,25?/m0/s1. The molecule has 0 heterocycles. The first kappa shape index (κ1) is 20.7. The molecule has 0 amide bonds. The van der Waals surface area contributed by atoms with Crippen molar-refractivity contribution >= 4 is 0 Å². The monoisotopic (exact) mass is 362 g/mol. The van der Waals surface area contributed by atoms with E-state index in [9.17, 15) is 0 Å². The Bertz CT molecular complexity index is 342. The minimum absolute atomic E-state index is 0.597. The van der Waals surface area contributed by atoms with Crippen molar-refractivity contribution in [2.24, 2.45) is 29.6 Å². The van der Waals surface area contributed by atoms with E-state index in [1.54, 1.807) is 25.7 Å². The van der Waals surface area contributed by atoms with Crippen molar-refractivity contribution in [1.82, 2.24) is 0 Å². The molecule has 0 bridgehead atoms. The van der Waals surface area contributed by atoms with Crippen LogP contribution in [0.1, 0.15) is 117 Å². The minimum Gasteiger partial charge on any atom is -0.378 e. The molecule has 0 saturated heterocycles. The second-order valence-electron chi connectivity index (χ2n) is 9.97. The molecular weight excluding hydrogens is 316 g/mol. The summed E-state index contributed by atoms with van der Waals surface area (Å²) in [6.07, 6.45) is 23.8. The zero-order valence-electron chi connectivity index (χ0n) is 17.9. The van der Waals surface area contributed by atoms with E-state index in [1.165, 1.54) is 77.0 Å². The van der Waals surface area contributed by atoms with Crippen LogP contribution in [0.2, 0.25) is 0 Å². The molecule has 3 aliphatic rings.